The van der Waals surface area contributed by atoms with E-state index in [2.05, 4.69) is 15.3 Å². The number of aromatic nitrogens is 2. The largest absolute Gasteiger partial charge is 0.478 e. The van der Waals surface area contributed by atoms with E-state index in [4.69, 9.17) is 9.84 Å². The number of carbonyl (C=O) groups is 2. The maximum atomic E-state index is 12.2. The molecule has 1 saturated heterocycles. The second-order valence-electron chi connectivity index (χ2n) is 5.14. The van der Waals surface area contributed by atoms with Crippen LogP contribution in [0, 0.1) is 0 Å². The van der Waals surface area contributed by atoms with Gasteiger partial charge in [-0.1, -0.05) is 0 Å². The lowest BCUT2D eigenvalue weighted by Gasteiger charge is -2.34. The van der Waals surface area contributed by atoms with Crippen LogP contribution < -0.4 is 10.2 Å². The Labute approximate surface area is 121 Å². The molecule has 1 aliphatic carbocycles. The summed E-state index contributed by atoms with van der Waals surface area (Å²) in [7, 11) is 0. The van der Waals surface area contributed by atoms with Gasteiger partial charge in [-0.15, -0.1) is 0 Å². The van der Waals surface area contributed by atoms with E-state index >= 15 is 0 Å². The molecule has 1 aliphatic heterocycles. The lowest BCUT2D eigenvalue weighted by Crippen LogP contribution is -2.55. The van der Waals surface area contributed by atoms with Gasteiger partial charge in [-0.05, 0) is 12.8 Å². The molecule has 1 amide bonds. The van der Waals surface area contributed by atoms with Crippen molar-refractivity contribution in [2.45, 2.75) is 24.9 Å². The van der Waals surface area contributed by atoms with Crippen molar-refractivity contribution in [3.63, 3.8) is 0 Å². The standard InChI is InChI=1S/C13H16N4O4/c18-11(16-9-1-2-9)10-7-21-4-3-17(10)13-14-5-8(6-15-13)12(19)20/h5-6,9-10H,1-4,7H2,(H,16,18)(H,19,20). The highest BCUT2D eigenvalue weighted by molar-refractivity contribution is 5.87. The van der Waals surface area contributed by atoms with Crippen LogP contribution in [-0.4, -0.2) is 58.8 Å². The molecule has 0 spiro atoms. The van der Waals surface area contributed by atoms with E-state index in [1.807, 2.05) is 0 Å². The minimum absolute atomic E-state index is 0.0194. The van der Waals surface area contributed by atoms with Crippen LogP contribution in [0.4, 0.5) is 5.95 Å². The third kappa shape index (κ3) is 3.10. The lowest BCUT2D eigenvalue weighted by molar-refractivity contribution is -0.124. The highest BCUT2D eigenvalue weighted by atomic mass is 16.5. The summed E-state index contributed by atoms with van der Waals surface area (Å²) in [5.74, 6) is -0.825. The molecule has 1 unspecified atom stereocenters. The molecule has 2 fully saturated rings. The van der Waals surface area contributed by atoms with Crippen molar-refractivity contribution in [2.75, 3.05) is 24.7 Å². The van der Waals surface area contributed by atoms with E-state index in [9.17, 15) is 9.59 Å². The molecule has 1 aromatic rings. The van der Waals surface area contributed by atoms with Gasteiger partial charge in [0.25, 0.3) is 0 Å². The summed E-state index contributed by atoms with van der Waals surface area (Å²) in [6.07, 6.45) is 4.53. The normalized spacial score (nSPS) is 21.9. The first-order chi connectivity index (χ1) is 10.1. The van der Waals surface area contributed by atoms with Gasteiger partial charge in [-0.25, -0.2) is 14.8 Å². The Morgan fingerprint density at radius 1 is 1.33 bits per heavy atom. The lowest BCUT2D eigenvalue weighted by atomic mass is 10.2. The van der Waals surface area contributed by atoms with Gasteiger partial charge < -0.3 is 20.1 Å². The topological polar surface area (TPSA) is 105 Å². The molecule has 1 saturated carbocycles. The van der Waals surface area contributed by atoms with Crippen LogP contribution in [0.5, 0.6) is 0 Å². The summed E-state index contributed by atoms with van der Waals surface area (Å²) in [6.45, 7) is 1.26. The third-order valence-corrected chi connectivity index (χ3v) is 3.50. The maximum absolute atomic E-state index is 12.2. The van der Waals surface area contributed by atoms with Crippen molar-refractivity contribution in [1.29, 1.82) is 0 Å². The number of carbonyl (C=O) groups excluding carboxylic acids is 1. The van der Waals surface area contributed by atoms with Crippen LogP contribution in [0.1, 0.15) is 23.2 Å². The number of hydrogen-bond donors (Lipinski definition) is 2. The van der Waals surface area contributed by atoms with Crippen molar-refractivity contribution in [2.24, 2.45) is 0 Å². The number of nitrogens with zero attached hydrogens (tertiary/aromatic N) is 3. The fourth-order valence-electron chi connectivity index (χ4n) is 2.17. The Hall–Kier alpha value is -2.22. The van der Waals surface area contributed by atoms with Gasteiger partial charge in [0, 0.05) is 25.0 Å². The molecule has 0 aromatic carbocycles. The number of aromatic carboxylic acids is 1. The molecule has 2 heterocycles. The zero-order valence-electron chi connectivity index (χ0n) is 11.4. The number of morpholine rings is 1. The van der Waals surface area contributed by atoms with E-state index in [0.29, 0.717) is 19.1 Å². The second kappa shape index (κ2) is 5.65. The molecule has 2 aliphatic rings. The van der Waals surface area contributed by atoms with Gasteiger partial charge in [-0.3, -0.25) is 4.79 Å². The fourth-order valence-corrected chi connectivity index (χ4v) is 2.17. The highest BCUT2D eigenvalue weighted by Gasteiger charge is 2.34. The van der Waals surface area contributed by atoms with E-state index < -0.39 is 12.0 Å². The second-order valence-corrected chi connectivity index (χ2v) is 5.14. The van der Waals surface area contributed by atoms with Crippen LogP contribution >= 0.6 is 0 Å². The number of rotatable bonds is 4. The van der Waals surface area contributed by atoms with Crippen LogP contribution in [0.2, 0.25) is 0 Å². The van der Waals surface area contributed by atoms with E-state index in [1.165, 1.54) is 12.4 Å². The molecule has 0 bridgehead atoms. The molecule has 8 heteroatoms. The average Bonchev–Trinajstić information content (AvgIpc) is 3.31. The molecule has 0 radical (unpaired) electrons. The Kier molecular flexibility index (Phi) is 3.70. The summed E-state index contributed by atoms with van der Waals surface area (Å²) in [5, 5.41) is 11.8. The SMILES string of the molecule is O=C(O)c1cnc(N2CCOCC2C(=O)NC2CC2)nc1. The molecule has 2 N–H and O–H groups in total. The number of carboxylic acids is 1. The maximum Gasteiger partial charge on any atom is 0.338 e. The van der Waals surface area contributed by atoms with Gasteiger partial charge in [0.15, 0.2) is 0 Å². The summed E-state index contributed by atoms with van der Waals surface area (Å²) < 4.78 is 5.37. The first-order valence-electron chi connectivity index (χ1n) is 6.85. The predicted octanol–water partition coefficient (Wildman–Crippen LogP) is -0.341. The van der Waals surface area contributed by atoms with Crippen molar-refractivity contribution >= 4 is 17.8 Å². The minimum atomic E-state index is -1.08. The Morgan fingerprint density at radius 2 is 2.05 bits per heavy atom. The zero-order valence-corrected chi connectivity index (χ0v) is 11.4. The summed E-state index contributed by atoms with van der Waals surface area (Å²) in [4.78, 5) is 32.9. The fraction of sp³-hybridized carbons (Fsp3) is 0.538. The Morgan fingerprint density at radius 3 is 2.67 bits per heavy atom. The highest BCUT2D eigenvalue weighted by Crippen LogP contribution is 2.21. The number of amides is 1. The zero-order chi connectivity index (χ0) is 14.8. The monoisotopic (exact) mass is 292 g/mol. The van der Waals surface area contributed by atoms with E-state index in [1.54, 1.807) is 4.90 Å². The van der Waals surface area contributed by atoms with Gasteiger partial charge in [0.2, 0.25) is 11.9 Å². The first-order valence-corrected chi connectivity index (χ1v) is 6.85. The van der Waals surface area contributed by atoms with Gasteiger partial charge >= 0.3 is 5.97 Å². The number of ether oxygens (including phenoxy) is 1. The van der Waals surface area contributed by atoms with Crippen molar-refractivity contribution in [3.8, 4) is 0 Å². The van der Waals surface area contributed by atoms with Crippen molar-refractivity contribution < 1.29 is 19.4 Å². The molecule has 112 valence electrons. The average molecular weight is 292 g/mol. The van der Waals surface area contributed by atoms with Gasteiger partial charge in [-0.2, -0.15) is 0 Å². The molecule has 3 rings (SSSR count). The van der Waals surface area contributed by atoms with Crippen molar-refractivity contribution in [3.05, 3.63) is 18.0 Å². The number of hydrogen-bond acceptors (Lipinski definition) is 6. The minimum Gasteiger partial charge on any atom is -0.478 e. The van der Waals surface area contributed by atoms with Crippen LogP contribution in [0.3, 0.4) is 0 Å². The third-order valence-electron chi connectivity index (χ3n) is 3.50. The molecule has 1 aromatic heterocycles. The quantitative estimate of drug-likeness (QED) is 0.782. The van der Waals surface area contributed by atoms with Crippen LogP contribution in [-0.2, 0) is 9.53 Å². The summed E-state index contributed by atoms with van der Waals surface area (Å²) in [5.41, 5.74) is 0.0194. The van der Waals surface area contributed by atoms with Gasteiger partial charge in [0.1, 0.15) is 6.04 Å². The molecule has 1 atom stereocenters. The van der Waals surface area contributed by atoms with Crippen molar-refractivity contribution in [1.82, 2.24) is 15.3 Å². The Balaban J connectivity index is 1.76. The number of anilines is 1. The van der Waals surface area contributed by atoms with E-state index in [-0.39, 0.29) is 24.1 Å². The van der Waals surface area contributed by atoms with Crippen LogP contribution in [0.15, 0.2) is 12.4 Å². The summed E-state index contributed by atoms with van der Waals surface area (Å²) >= 11 is 0. The molecule has 8 nitrogen and oxygen atoms in total. The number of nitrogens with one attached hydrogen (secondary N) is 1. The predicted molar refractivity (Wildman–Crippen MR) is 72.1 cm³/mol. The molecular weight excluding hydrogens is 276 g/mol. The number of carboxylic acid groups (broad SMARTS) is 1. The summed E-state index contributed by atoms with van der Waals surface area (Å²) in [6, 6.07) is -0.202. The molecular formula is C13H16N4O4. The first kappa shape index (κ1) is 13.7. The van der Waals surface area contributed by atoms with E-state index in [0.717, 1.165) is 12.8 Å². The Bertz CT molecular complexity index is 544. The molecule has 21 heavy (non-hydrogen) atoms. The van der Waals surface area contributed by atoms with Crippen LogP contribution in [0.25, 0.3) is 0 Å². The van der Waals surface area contributed by atoms with Gasteiger partial charge in [0.05, 0.1) is 18.8 Å². The smallest absolute Gasteiger partial charge is 0.338 e.